The molecule has 0 aliphatic carbocycles. The molecule has 9 heteroatoms. The summed E-state index contributed by atoms with van der Waals surface area (Å²) in [5.74, 6) is -1.13. The molecule has 0 aliphatic heterocycles. The third kappa shape index (κ3) is 4.87. The molecule has 2 aromatic heterocycles. The molecule has 33 heavy (non-hydrogen) atoms. The number of nitro groups is 1. The number of pyridine rings is 1. The van der Waals surface area contributed by atoms with E-state index >= 15 is 0 Å². The topological polar surface area (TPSA) is 130 Å². The highest BCUT2D eigenvalue weighted by molar-refractivity contribution is 5.99. The number of aromatic amines is 1. The van der Waals surface area contributed by atoms with Crippen molar-refractivity contribution in [2.75, 3.05) is 0 Å². The first-order valence-electron chi connectivity index (χ1n) is 10.4. The first kappa shape index (κ1) is 21.7. The zero-order valence-corrected chi connectivity index (χ0v) is 17.6. The fraction of sp³-hybridized carbons (Fsp3) is 0.125. The Morgan fingerprint density at radius 2 is 1.73 bits per heavy atom. The number of para-hydroxylation sites is 2. The Labute approximate surface area is 189 Å². The predicted molar refractivity (Wildman–Crippen MR) is 123 cm³/mol. The average Bonchev–Trinajstić information content (AvgIpc) is 3.21. The van der Waals surface area contributed by atoms with Gasteiger partial charge in [-0.25, -0.2) is 0 Å². The van der Waals surface area contributed by atoms with E-state index < -0.39 is 10.8 Å². The van der Waals surface area contributed by atoms with Crippen LogP contribution in [0, 0.1) is 10.1 Å². The van der Waals surface area contributed by atoms with Crippen molar-refractivity contribution in [1.82, 2.24) is 20.8 Å². The number of amides is 2. The average molecular weight is 443 g/mol. The maximum absolute atomic E-state index is 12.3. The minimum atomic E-state index is -0.746. The number of nitrogens with one attached hydrogen (secondary N) is 3. The smallest absolute Gasteiger partial charge is 0.282 e. The number of hydrogen-bond acceptors (Lipinski definition) is 5. The van der Waals surface area contributed by atoms with Crippen LogP contribution in [0.4, 0.5) is 5.69 Å². The van der Waals surface area contributed by atoms with E-state index in [1.165, 1.54) is 24.3 Å². The molecule has 0 saturated carbocycles. The van der Waals surface area contributed by atoms with Crippen molar-refractivity contribution < 1.29 is 14.5 Å². The van der Waals surface area contributed by atoms with E-state index in [0.717, 1.165) is 27.9 Å². The van der Waals surface area contributed by atoms with Crippen LogP contribution in [0.15, 0.2) is 72.9 Å². The number of fused-ring (bicyclic) bond motifs is 1. The van der Waals surface area contributed by atoms with Gasteiger partial charge in [0.05, 0.1) is 16.3 Å². The van der Waals surface area contributed by atoms with Crippen LogP contribution in [-0.4, -0.2) is 26.7 Å². The van der Waals surface area contributed by atoms with Gasteiger partial charge in [0.1, 0.15) is 5.56 Å². The van der Waals surface area contributed by atoms with E-state index in [1.54, 1.807) is 6.20 Å². The number of aryl methyl sites for hydroxylation is 1. The first-order chi connectivity index (χ1) is 16.0. The molecule has 2 aromatic carbocycles. The molecule has 0 spiro atoms. The van der Waals surface area contributed by atoms with Crippen molar-refractivity contribution in [2.45, 2.75) is 19.3 Å². The normalized spacial score (nSPS) is 10.7. The maximum Gasteiger partial charge on any atom is 0.282 e. The molecule has 4 rings (SSSR count). The van der Waals surface area contributed by atoms with Crippen LogP contribution < -0.4 is 10.9 Å². The third-order valence-electron chi connectivity index (χ3n) is 5.23. The second-order valence-electron chi connectivity index (χ2n) is 7.37. The van der Waals surface area contributed by atoms with Crippen molar-refractivity contribution in [3.05, 3.63) is 94.2 Å². The van der Waals surface area contributed by atoms with E-state index in [9.17, 15) is 19.7 Å². The Hall–Kier alpha value is -4.53. The summed E-state index contributed by atoms with van der Waals surface area (Å²) in [6.45, 7) is 0. The fourth-order valence-corrected chi connectivity index (χ4v) is 3.70. The first-order valence-corrected chi connectivity index (χ1v) is 10.4. The van der Waals surface area contributed by atoms with Crippen LogP contribution >= 0.6 is 0 Å². The molecule has 166 valence electrons. The van der Waals surface area contributed by atoms with Crippen LogP contribution in [0.3, 0.4) is 0 Å². The number of benzene rings is 2. The summed E-state index contributed by atoms with van der Waals surface area (Å²) in [7, 11) is 0. The fourth-order valence-electron chi connectivity index (χ4n) is 3.70. The number of rotatable bonds is 7. The Bertz CT molecular complexity index is 1320. The maximum atomic E-state index is 12.3. The highest BCUT2D eigenvalue weighted by Crippen LogP contribution is 2.30. The van der Waals surface area contributed by atoms with Crippen molar-refractivity contribution in [3.63, 3.8) is 0 Å². The van der Waals surface area contributed by atoms with Gasteiger partial charge in [-0.3, -0.25) is 35.5 Å². The highest BCUT2D eigenvalue weighted by atomic mass is 16.6. The molecule has 2 heterocycles. The molecule has 0 atom stereocenters. The molecular weight excluding hydrogens is 422 g/mol. The molecule has 0 fully saturated rings. The largest absolute Gasteiger partial charge is 0.353 e. The minimum Gasteiger partial charge on any atom is -0.353 e. The monoisotopic (exact) mass is 443 g/mol. The molecule has 0 unspecified atom stereocenters. The van der Waals surface area contributed by atoms with Crippen molar-refractivity contribution >= 4 is 28.4 Å². The lowest BCUT2D eigenvalue weighted by Crippen LogP contribution is -2.41. The van der Waals surface area contributed by atoms with Gasteiger partial charge in [0, 0.05) is 29.6 Å². The van der Waals surface area contributed by atoms with Gasteiger partial charge in [0.25, 0.3) is 11.6 Å². The van der Waals surface area contributed by atoms with Crippen LogP contribution in [0.1, 0.15) is 28.8 Å². The standard InChI is InChI=1S/C24H21N5O4/c30-22(27-28-24(31)18-9-2-4-13-21(18)29(32)33)14-7-10-17-16-8-1-3-11-19(16)26-23(17)20-12-5-6-15-25-20/h1-6,8-9,11-13,15,26H,7,10,14H2,(H,27,30)(H,28,31). The van der Waals surface area contributed by atoms with Gasteiger partial charge in [-0.15, -0.1) is 0 Å². The van der Waals surface area contributed by atoms with Crippen molar-refractivity contribution in [3.8, 4) is 11.4 Å². The molecule has 0 radical (unpaired) electrons. The van der Waals surface area contributed by atoms with Gasteiger partial charge in [0.2, 0.25) is 5.91 Å². The minimum absolute atomic E-state index is 0.124. The molecule has 0 saturated heterocycles. The lowest BCUT2D eigenvalue weighted by Gasteiger charge is -2.08. The Morgan fingerprint density at radius 3 is 2.52 bits per heavy atom. The van der Waals surface area contributed by atoms with E-state index in [0.29, 0.717) is 12.8 Å². The van der Waals surface area contributed by atoms with Gasteiger partial charge in [-0.1, -0.05) is 36.4 Å². The number of aromatic nitrogens is 2. The van der Waals surface area contributed by atoms with Crippen LogP contribution in [0.5, 0.6) is 0 Å². The number of nitro benzene ring substituents is 1. The van der Waals surface area contributed by atoms with Gasteiger partial charge < -0.3 is 4.98 Å². The Kier molecular flexibility index (Phi) is 6.40. The highest BCUT2D eigenvalue weighted by Gasteiger charge is 2.19. The number of H-pyrrole nitrogens is 1. The summed E-state index contributed by atoms with van der Waals surface area (Å²) in [5, 5.41) is 12.1. The van der Waals surface area contributed by atoms with E-state index in [1.807, 2.05) is 42.5 Å². The van der Waals surface area contributed by atoms with E-state index in [2.05, 4.69) is 20.8 Å². The lowest BCUT2D eigenvalue weighted by atomic mass is 10.0. The second-order valence-corrected chi connectivity index (χ2v) is 7.37. The molecule has 0 bridgehead atoms. The van der Waals surface area contributed by atoms with Crippen molar-refractivity contribution in [2.24, 2.45) is 0 Å². The van der Waals surface area contributed by atoms with E-state index in [4.69, 9.17) is 0 Å². The Balaban J connectivity index is 1.39. The van der Waals surface area contributed by atoms with Crippen LogP contribution in [0.2, 0.25) is 0 Å². The molecule has 4 aromatic rings. The molecule has 3 N–H and O–H groups in total. The summed E-state index contributed by atoms with van der Waals surface area (Å²) < 4.78 is 0. The summed E-state index contributed by atoms with van der Waals surface area (Å²) in [6.07, 6.45) is 3.06. The van der Waals surface area contributed by atoms with Gasteiger partial charge >= 0.3 is 0 Å². The molecule has 2 amide bonds. The van der Waals surface area contributed by atoms with Gasteiger partial charge in [-0.2, -0.15) is 0 Å². The predicted octanol–water partition coefficient (Wildman–Crippen LogP) is 3.92. The summed E-state index contributed by atoms with van der Waals surface area (Å²) >= 11 is 0. The summed E-state index contributed by atoms with van der Waals surface area (Å²) in [4.78, 5) is 42.8. The lowest BCUT2D eigenvalue weighted by molar-refractivity contribution is -0.385. The van der Waals surface area contributed by atoms with Crippen LogP contribution in [0.25, 0.3) is 22.3 Å². The zero-order valence-electron chi connectivity index (χ0n) is 17.6. The second kappa shape index (κ2) is 9.73. The SMILES string of the molecule is O=C(CCCc1c(-c2ccccn2)[nH]c2ccccc12)NNC(=O)c1ccccc1[N+](=O)[O-]. The number of carbonyl (C=O) groups is 2. The zero-order chi connectivity index (χ0) is 23.2. The summed E-state index contributed by atoms with van der Waals surface area (Å²) in [6, 6.07) is 19.2. The molecule has 9 nitrogen and oxygen atoms in total. The van der Waals surface area contributed by atoms with E-state index in [-0.39, 0.29) is 23.6 Å². The molecule has 0 aliphatic rings. The molecular formula is C24H21N5O4. The number of nitrogens with zero attached hydrogens (tertiary/aromatic N) is 2. The summed E-state index contributed by atoms with van der Waals surface area (Å²) in [5.41, 5.74) is 7.93. The van der Waals surface area contributed by atoms with Gasteiger partial charge in [-0.05, 0) is 42.7 Å². The Morgan fingerprint density at radius 1 is 0.970 bits per heavy atom. The quantitative estimate of drug-likeness (QED) is 0.294. The number of hydrazine groups is 1. The third-order valence-corrected chi connectivity index (χ3v) is 5.23. The van der Waals surface area contributed by atoms with Crippen LogP contribution in [-0.2, 0) is 11.2 Å². The number of carbonyl (C=O) groups excluding carboxylic acids is 2. The van der Waals surface area contributed by atoms with Crippen molar-refractivity contribution in [1.29, 1.82) is 0 Å². The van der Waals surface area contributed by atoms with Gasteiger partial charge in [0.15, 0.2) is 0 Å². The number of hydrogen-bond donors (Lipinski definition) is 3.